The number of phenolic OH excluding ortho intramolecular Hbond substituents is 1. The zero-order chi connectivity index (χ0) is 22.7. The number of anilines is 1. The molecule has 0 radical (unpaired) electrons. The minimum Gasteiger partial charge on any atom is -0.507 e. The molecular formula is C24H27N3O5. The Hall–Kier alpha value is -3.39. The third-order valence-corrected chi connectivity index (χ3v) is 5.94. The number of hydrogen-bond donors (Lipinski definition) is 1. The van der Waals surface area contributed by atoms with E-state index in [0.717, 1.165) is 42.9 Å². The molecule has 3 heterocycles. The molecule has 8 heteroatoms. The van der Waals surface area contributed by atoms with Gasteiger partial charge in [-0.3, -0.25) is 9.69 Å². The van der Waals surface area contributed by atoms with Crippen LogP contribution in [0, 0.1) is 6.92 Å². The second-order valence-electron chi connectivity index (χ2n) is 8.02. The molecule has 1 aliphatic rings. The van der Waals surface area contributed by atoms with E-state index in [1.807, 2.05) is 25.1 Å². The van der Waals surface area contributed by atoms with Crippen LogP contribution in [0.3, 0.4) is 0 Å². The van der Waals surface area contributed by atoms with Crippen molar-refractivity contribution in [1.82, 2.24) is 9.88 Å². The molecule has 1 fully saturated rings. The van der Waals surface area contributed by atoms with Crippen LogP contribution in [0.5, 0.6) is 5.75 Å². The molecule has 0 spiro atoms. The lowest BCUT2D eigenvalue weighted by Crippen LogP contribution is -2.46. The molecule has 168 valence electrons. The van der Waals surface area contributed by atoms with E-state index < -0.39 is 5.63 Å². The van der Waals surface area contributed by atoms with E-state index in [9.17, 15) is 14.7 Å². The summed E-state index contributed by atoms with van der Waals surface area (Å²) in [6, 6.07) is 9.12. The second-order valence-corrected chi connectivity index (χ2v) is 8.02. The average Bonchev–Trinajstić information content (AvgIpc) is 2.81. The quantitative estimate of drug-likeness (QED) is 0.464. The number of benzene rings is 1. The highest BCUT2D eigenvalue weighted by Gasteiger charge is 2.23. The molecule has 0 saturated carbocycles. The number of ether oxygens (including phenoxy) is 1. The van der Waals surface area contributed by atoms with Crippen molar-refractivity contribution in [2.24, 2.45) is 0 Å². The van der Waals surface area contributed by atoms with Gasteiger partial charge in [0, 0.05) is 56.8 Å². The Bertz CT molecular complexity index is 1170. The van der Waals surface area contributed by atoms with E-state index in [2.05, 4.69) is 14.8 Å². The summed E-state index contributed by atoms with van der Waals surface area (Å²) >= 11 is 0. The number of aromatic hydroxyl groups is 1. The van der Waals surface area contributed by atoms with Crippen molar-refractivity contribution < 1.29 is 19.1 Å². The van der Waals surface area contributed by atoms with Gasteiger partial charge in [0.25, 0.3) is 0 Å². The molecule has 32 heavy (non-hydrogen) atoms. The molecule has 1 aliphatic heterocycles. The topological polar surface area (TPSA) is 96.1 Å². The van der Waals surface area contributed by atoms with Gasteiger partial charge in [-0.05, 0) is 42.7 Å². The molecule has 1 aromatic carbocycles. The first-order valence-electron chi connectivity index (χ1n) is 10.7. The maximum Gasteiger partial charge on any atom is 0.336 e. The first kappa shape index (κ1) is 21.8. The van der Waals surface area contributed by atoms with E-state index in [1.54, 1.807) is 12.3 Å². The number of aryl methyl sites for hydroxylation is 2. The summed E-state index contributed by atoms with van der Waals surface area (Å²) in [4.78, 5) is 32.6. The van der Waals surface area contributed by atoms with Crippen molar-refractivity contribution in [3.05, 3.63) is 63.6 Å². The van der Waals surface area contributed by atoms with Gasteiger partial charge in [0.15, 0.2) is 0 Å². The highest BCUT2D eigenvalue weighted by atomic mass is 16.5. The molecule has 0 atom stereocenters. The van der Waals surface area contributed by atoms with Crippen molar-refractivity contribution in [3.8, 4) is 5.75 Å². The zero-order valence-electron chi connectivity index (χ0n) is 18.3. The molecule has 4 rings (SSSR count). The van der Waals surface area contributed by atoms with Crippen LogP contribution in [0.4, 0.5) is 5.82 Å². The first-order valence-corrected chi connectivity index (χ1v) is 10.7. The summed E-state index contributed by atoms with van der Waals surface area (Å²) in [5.74, 6) is 0.683. The maximum absolute atomic E-state index is 12.1. The molecule has 0 unspecified atom stereocenters. The van der Waals surface area contributed by atoms with Gasteiger partial charge in [-0.2, -0.15) is 0 Å². The summed E-state index contributed by atoms with van der Waals surface area (Å²) in [7, 11) is 1.34. The molecule has 3 aromatic rings. The van der Waals surface area contributed by atoms with Crippen LogP contribution < -0.4 is 10.5 Å². The number of rotatable bonds is 6. The Morgan fingerprint density at radius 1 is 1.22 bits per heavy atom. The van der Waals surface area contributed by atoms with E-state index in [-0.39, 0.29) is 18.1 Å². The lowest BCUT2D eigenvalue weighted by Gasteiger charge is -2.35. The monoisotopic (exact) mass is 437 g/mol. The van der Waals surface area contributed by atoms with Gasteiger partial charge < -0.3 is 19.2 Å². The van der Waals surface area contributed by atoms with Crippen LogP contribution >= 0.6 is 0 Å². The predicted octanol–water partition coefficient (Wildman–Crippen LogP) is 2.63. The standard InChI is InChI=1S/C24H27N3O5/c1-16-13-22(29)32-24-18(16)14-17(6-7-21(28)31-2)23(30)19(24)15-26-9-11-27(12-10-26)20-5-3-4-8-25-20/h3-5,8,13-14,30H,6-7,9-12,15H2,1-2H3. The third kappa shape index (κ3) is 4.60. The number of phenols is 1. The maximum atomic E-state index is 12.1. The number of hydrogen-bond acceptors (Lipinski definition) is 8. The van der Waals surface area contributed by atoms with Gasteiger partial charge in [0.05, 0.1) is 12.7 Å². The number of esters is 1. The molecule has 0 bridgehead atoms. The van der Waals surface area contributed by atoms with Crippen LogP contribution in [-0.2, 0) is 22.5 Å². The number of nitrogens with zero attached hydrogens (tertiary/aromatic N) is 3. The molecule has 1 N–H and O–H groups in total. The number of piperazine rings is 1. The van der Waals surface area contributed by atoms with Crippen molar-refractivity contribution in [2.75, 3.05) is 38.2 Å². The van der Waals surface area contributed by atoms with Crippen molar-refractivity contribution in [3.63, 3.8) is 0 Å². The first-order chi connectivity index (χ1) is 15.5. The number of aromatic nitrogens is 1. The summed E-state index contributed by atoms with van der Waals surface area (Å²) in [6.45, 7) is 5.45. The average molecular weight is 437 g/mol. The van der Waals surface area contributed by atoms with Gasteiger partial charge in [-0.25, -0.2) is 9.78 Å². The van der Waals surface area contributed by atoms with E-state index in [0.29, 0.717) is 29.7 Å². The minimum absolute atomic E-state index is 0.0716. The summed E-state index contributed by atoms with van der Waals surface area (Å²) < 4.78 is 10.3. The Balaban J connectivity index is 1.61. The second kappa shape index (κ2) is 9.40. The Morgan fingerprint density at radius 2 is 2.00 bits per heavy atom. The predicted molar refractivity (Wildman–Crippen MR) is 121 cm³/mol. The molecule has 8 nitrogen and oxygen atoms in total. The molecule has 0 aliphatic carbocycles. The summed E-state index contributed by atoms with van der Waals surface area (Å²) in [5.41, 5.74) is 1.95. The zero-order valence-corrected chi connectivity index (χ0v) is 18.3. The number of carbonyl (C=O) groups is 1. The Morgan fingerprint density at radius 3 is 2.69 bits per heavy atom. The van der Waals surface area contributed by atoms with Gasteiger partial charge >= 0.3 is 11.6 Å². The Labute approximate surface area is 186 Å². The van der Waals surface area contributed by atoms with Crippen molar-refractivity contribution in [1.29, 1.82) is 0 Å². The number of pyridine rings is 1. The smallest absolute Gasteiger partial charge is 0.336 e. The summed E-state index contributed by atoms with van der Waals surface area (Å²) in [5, 5.41) is 11.8. The highest BCUT2D eigenvalue weighted by Crippen LogP contribution is 2.34. The van der Waals surface area contributed by atoms with E-state index in [1.165, 1.54) is 13.2 Å². The van der Waals surface area contributed by atoms with E-state index >= 15 is 0 Å². The van der Waals surface area contributed by atoms with Gasteiger partial charge in [-0.15, -0.1) is 0 Å². The lowest BCUT2D eigenvalue weighted by atomic mass is 9.98. The van der Waals surface area contributed by atoms with Crippen LogP contribution in [0.1, 0.15) is 23.1 Å². The van der Waals surface area contributed by atoms with Gasteiger partial charge in [0.2, 0.25) is 0 Å². The van der Waals surface area contributed by atoms with Gasteiger partial charge in [0.1, 0.15) is 17.2 Å². The van der Waals surface area contributed by atoms with Crippen molar-refractivity contribution >= 4 is 22.8 Å². The molecular weight excluding hydrogens is 410 g/mol. The molecule has 1 saturated heterocycles. The fourth-order valence-electron chi connectivity index (χ4n) is 4.14. The van der Waals surface area contributed by atoms with Crippen LogP contribution in [0.25, 0.3) is 11.0 Å². The van der Waals surface area contributed by atoms with E-state index in [4.69, 9.17) is 9.15 Å². The summed E-state index contributed by atoms with van der Waals surface area (Å²) in [6.07, 6.45) is 2.29. The fourth-order valence-corrected chi connectivity index (χ4v) is 4.14. The SMILES string of the molecule is COC(=O)CCc1cc2c(C)cc(=O)oc2c(CN2CCN(c3ccccn3)CC2)c1O. The molecule has 0 amide bonds. The lowest BCUT2D eigenvalue weighted by molar-refractivity contribution is -0.140. The van der Waals surface area contributed by atoms with Crippen molar-refractivity contribution in [2.45, 2.75) is 26.3 Å². The number of methoxy groups -OCH3 is 1. The van der Waals surface area contributed by atoms with Crippen LogP contribution in [0.2, 0.25) is 0 Å². The minimum atomic E-state index is -0.446. The van der Waals surface area contributed by atoms with Gasteiger partial charge in [-0.1, -0.05) is 6.07 Å². The molecule has 2 aromatic heterocycles. The highest BCUT2D eigenvalue weighted by molar-refractivity contribution is 5.86. The fraction of sp³-hybridized carbons (Fsp3) is 0.375. The van der Waals surface area contributed by atoms with Crippen LogP contribution in [-0.4, -0.2) is 54.2 Å². The van der Waals surface area contributed by atoms with Crippen LogP contribution in [0.15, 0.2) is 45.7 Å². The Kier molecular flexibility index (Phi) is 6.41. The third-order valence-electron chi connectivity index (χ3n) is 5.94. The number of carbonyl (C=O) groups excluding carboxylic acids is 1. The normalized spacial score (nSPS) is 14.6. The largest absolute Gasteiger partial charge is 0.507 e. The number of fused-ring (bicyclic) bond motifs is 1.